The summed E-state index contributed by atoms with van der Waals surface area (Å²) in [5.74, 6) is 0. The smallest absolute Gasteiger partial charge is 0.0642 e. The van der Waals surface area contributed by atoms with Gasteiger partial charge in [-0.1, -0.05) is 24.3 Å². The van der Waals surface area contributed by atoms with Gasteiger partial charge >= 0.3 is 0 Å². The van der Waals surface area contributed by atoms with Crippen molar-refractivity contribution in [3.63, 3.8) is 0 Å². The fourth-order valence-corrected chi connectivity index (χ4v) is 3.25. The summed E-state index contributed by atoms with van der Waals surface area (Å²) >= 11 is 1.80. The quantitative estimate of drug-likeness (QED) is 0.817. The van der Waals surface area contributed by atoms with E-state index in [1.807, 2.05) is 0 Å². The number of anilines is 1. The average Bonchev–Trinajstić information content (AvgIpc) is 2.93. The molecule has 0 spiro atoms. The molecule has 1 aromatic heterocycles. The number of thiophene rings is 1. The summed E-state index contributed by atoms with van der Waals surface area (Å²) in [5, 5.41) is 2.14. The maximum absolute atomic E-state index is 5.45. The highest BCUT2D eigenvalue weighted by atomic mass is 32.1. The molecule has 94 valence electrons. The van der Waals surface area contributed by atoms with E-state index in [1.54, 1.807) is 11.3 Å². The molecule has 2 heterocycles. The van der Waals surface area contributed by atoms with Gasteiger partial charge in [-0.05, 0) is 23.9 Å². The van der Waals surface area contributed by atoms with E-state index < -0.39 is 0 Å². The lowest BCUT2D eigenvalue weighted by atomic mass is 10.0. The molecule has 2 nitrogen and oxygen atoms in total. The molecule has 1 fully saturated rings. The fourth-order valence-electron chi connectivity index (χ4n) is 2.50. The predicted octanol–water partition coefficient (Wildman–Crippen LogP) is 3.56. The highest BCUT2D eigenvalue weighted by Gasteiger charge is 2.17. The Morgan fingerprint density at radius 2 is 1.94 bits per heavy atom. The fraction of sp³-hybridized carbons (Fsp3) is 0.333. The van der Waals surface area contributed by atoms with Crippen LogP contribution in [0, 0.1) is 6.92 Å². The lowest BCUT2D eigenvalue weighted by Crippen LogP contribution is -2.36. The second-order valence-electron chi connectivity index (χ2n) is 4.55. The molecule has 3 heteroatoms. The molecule has 0 aliphatic carbocycles. The van der Waals surface area contributed by atoms with Crippen LogP contribution in [-0.2, 0) is 4.74 Å². The molecule has 0 unspecified atom stereocenters. The highest BCUT2D eigenvalue weighted by Crippen LogP contribution is 2.36. The van der Waals surface area contributed by atoms with E-state index in [-0.39, 0.29) is 0 Å². The minimum atomic E-state index is 0.832. The molecular formula is C15H17NOS. The molecule has 1 aliphatic rings. The Morgan fingerprint density at radius 1 is 1.11 bits per heavy atom. The summed E-state index contributed by atoms with van der Waals surface area (Å²) in [6.45, 7) is 5.84. The van der Waals surface area contributed by atoms with Crippen molar-refractivity contribution < 1.29 is 4.74 Å². The molecule has 0 N–H and O–H groups in total. The molecule has 2 aromatic rings. The first-order valence-electron chi connectivity index (χ1n) is 6.32. The van der Waals surface area contributed by atoms with Crippen molar-refractivity contribution in [3.05, 3.63) is 41.3 Å². The summed E-state index contributed by atoms with van der Waals surface area (Å²) in [4.78, 5) is 3.80. The van der Waals surface area contributed by atoms with Crippen molar-refractivity contribution in [1.29, 1.82) is 0 Å². The lowest BCUT2D eigenvalue weighted by Gasteiger charge is -2.31. The van der Waals surface area contributed by atoms with Crippen LogP contribution in [0.3, 0.4) is 0 Å². The number of hydrogen-bond donors (Lipinski definition) is 0. The SMILES string of the molecule is Cc1cccc(-c2cccs2)c1N1CCOCC1. The summed E-state index contributed by atoms with van der Waals surface area (Å²) in [6, 6.07) is 10.9. The number of para-hydroxylation sites is 1. The zero-order chi connectivity index (χ0) is 12.4. The number of hydrogen-bond acceptors (Lipinski definition) is 3. The zero-order valence-electron chi connectivity index (χ0n) is 10.6. The first kappa shape index (κ1) is 11.8. The van der Waals surface area contributed by atoms with E-state index in [9.17, 15) is 0 Å². The third-order valence-corrected chi connectivity index (χ3v) is 4.25. The number of aryl methyl sites for hydroxylation is 1. The minimum Gasteiger partial charge on any atom is -0.378 e. The van der Waals surface area contributed by atoms with Gasteiger partial charge in [0.05, 0.1) is 13.2 Å². The predicted molar refractivity (Wildman–Crippen MR) is 77.5 cm³/mol. The third-order valence-electron chi connectivity index (χ3n) is 3.35. The van der Waals surface area contributed by atoms with Gasteiger partial charge in [0.2, 0.25) is 0 Å². The first-order valence-corrected chi connectivity index (χ1v) is 7.20. The van der Waals surface area contributed by atoms with Gasteiger partial charge in [0.15, 0.2) is 0 Å². The van der Waals surface area contributed by atoms with E-state index in [0.29, 0.717) is 0 Å². The Balaban J connectivity index is 2.06. The molecular weight excluding hydrogens is 242 g/mol. The Bertz CT molecular complexity index is 515. The molecule has 0 atom stereocenters. The Hall–Kier alpha value is -1.32. The summed E-state index contributed by atoms with van der Waals surface area (Å²) in [7, 11) is 0. The van der Waals surface area contributed by atoms with Crippen molar-refractivity contribution >= 4 is 17.0 Å². The van der Waals surface area contributed by atoms with Gasteiger partial charge in [-0.25, -0.2) is 0 Å². The van der Waals surface area contributed by atoms with Crippen LogP contribution in [0.5, 0.6) is 0 Å². The third kappa shape index (κ3) is 2.16. The summed E-state index contributed by atoms with van der Waals surface area (Å²) in [6.07, 6.45) is 0. The summed E-state index contributed by atoms with van der Waals surface area (Å²) < 4.78 is 5.45. The number of rotatable bonds is 2. The van der Waals surface area contributed by atoms with E-state index in [0.717, 1.165) is 26.3 Å². The van der Waals surface area contributed by atoms with Gasteiger partial charge in [0.1, 0.15) is 0 Å². The van der Waals surface area contributed by atoms with Crippen LogP contribution >= 0.6 is 11.3 Å². The molecule has 1 aliphatic heterocycles. The van der Waals surface area contributed by atoms with Crippen molar-refractivity contribution in [2.24, 2.45) is 0 Å². The second kappa shape index (κ2) is 5.12. The molecule has 0 radical (unpaired) electrons. The van der Waals surface area contributed by atoms with E-state index >= 15 is 0 Å². The minimum absolute atomic E-state index is 0.832. The van der Waals surface area contributed by atoms with Crippen LogP contribution < -0.4 is 4.90 Å². The number of nitrogens with zero attached hydrogens (tertiary/aromatic N) is 1. The molecule has 0 bridgehead atoms. The van der Waals surface area contributed by atoms with Gasteiger partial charge in [0, 0.05) is 29.2 Å². The van der Waals surface area contributed by atoms with Gasteiger partial charge < -0.3 is 9.64 Å². The van der Waals surface area contributed by atoms with Gasteiger partial charge in [-0.2, -0.15) is 0 Å². The molecule has 18 heavy (non-hydrogen) atoms. The molecule has 1 aromatic carbocycles. The molecule has 3 rings (SSSR count). The van der Waals surface area contributed by atoms with Crippen molar-refractivity contribution in [2.45, 2.75) is 6.92 Å². The van der Waals surface area contributed by atoms with E-state index in [4.69, 9.17) is 4.74 Å². The zero-order valence-corrected chi connectivity index (χ0v) is 11.4. The molecule has 0 amide bonds. The Labute approximate surface area is 112 Å². The second-order valence-corrected chi connectivity index (χ2v) is 5.50. The molecule has 1 saturated heterocycles. The largest absolute Gasteiger partial charge is 0.378 e. The van der Waals surface area contributed by atoms with Crippen LogP contribution in [0.1, 0.15) is 5.56 Å². The van der Waals surface area contributed by atoms with Crippen molar-refractivity contribution in [1.82, 2.24) is 0 Å². The van der Waals surface area contributed by atoms with Gasteiger partial charge in [0.25, 0.3) is 0 Å². The lowest BCUT2D eigenvalue weighted by molar-refractivity contribution is 0.122. The number of ether oxygens (including phenoxy) is 1. The Kier molecular flexibility index (Phi) is 3.35. The maximum Gasteiger partial charge on any atom is 0.0642 e. The highest BCUT2D eigenvalue weighted by molar-refractivity contribution is 7.13. The summed E-state index contributed by atoms with van der Waals surface area (Å²) in [5.41, 5.74) is 4.08. The van der Waals surface area contributed by atoms with Gasteiger partial charge in [-0.15, -0.1) is 11.3 Å². The maximum atomic E-state index is 5.45. The topological polar surface area (TPSA) is 12.5 Å². The van der Waals surface area contributed by atoms with E-state index in [2.05, 4.69) is 47.5 Å². The van der Waals surface area contributed by atoms with Crippen molar-refractivity contribution in [3.8, 4) is 10.4 Å². The number of benzene rings is 1. The Morgan fingerprint density at radius 3 is 2.67 bits per heavy atom. The van der Waals surface area contributed by atoms with Crippen LogP contribution in [0.25, 0.3) is 10.4 Å². The van der Waals surface area contributed by atoms with Crippen LogP contribution in [0.2, 0.25) is 0 Å². The normalized spacial score (nSPS) is 15.9. The van der Waals surface area contributed by atoms with Crippen LogP contribution in [0.15, 0.2) is 35.7 Å². The van der Waals surface area contributed by atoms with Crippen LogP contribution in [0.4, 0.5) is 5.69 Å². The number of morpholine rings is 1. The average molecular weight is 259 g/mol. The standard InChI is InChI=1S/C15H17NOS/c1-12-4-2-5-13(14-6-3-11-18-14)15(12)16-7-9-17-10-8-16/h2-6,11H,7-10H2,1H3. The van der Waals surface area contributed by atoms with Gasteiger partial charge in [-0.3, -0.25) is 0 Å². The van der Waals surface area contributed by atoms with Crippen molar-refractivity contribution in [2.75, 3.05) is 31.2 Å². The monoisotopic (exact) mass is 259 g/mol. The first-order chi connectivity index (χ1) is 8.86. The molecule has 0 saturated carbocycles. The van der Waals surface area contributed by atoms with E-state index in [1.165, 1.54) is 21.7 Å². The van der Waals surface area contributed by atoms with Crippen LogP contribution in [-0.4, -0.2) is 26.3 Å².